The summed E-state index contributed by atoms with van der Waals surface area (Å²) >= 11 is 0. The van der Waals surface area contributed by atoms with Crippen LogP contribution >= 0.6 is 0 Å². The number of nitrogens with one attached hydrogen (secondary N) is 1. The standard InChI is InChI=1S/C26H30N2O6/c1-25(16-33-3,22(29)28-14-8-13-26(28,2)23(30)31)27-24(32)34-15-21-19-11-6-4-9-17(19)18-10-5-7-12-20(18)21/h4-7,9-12,21H,8,13-16H2,1-3H3,(H,27,32)(H,30,31)/t25?,26-/m0/s1. The van der Waals surface area contributed by atoms with E-state index >= 15 is 0 Å². The number of likely N-dealkylation sites (tertiary alicyclic amines) is 1. The molecule has 1 fully saturated rings. The number of nitrogens with zero attached hydrogens (tertiary/aromatic N) is 1. The van der Waals surface area contributed by atoms with Crippen molar-refractivity contribution >= 4 is 18.0 Å². The van der Waals surface area contributed by atoms with Gasteiger partial charge in [0.2, 0.25) is 0 Å². The number of fused-ring (bicyclic) bond motifs is 3. The zero-order valence-electron chi connectivity index (χ0n) is 19.7. The van der Waals surface area contributed by atoms with E-state index in [1.54, 1.807) is 0 Å². The van der Waals surface area contributed by atoms with E-state index < -0.39 is 29.0 Å². The van der Waals surface area contributed by atoms with Gasteiger partial charge in [-0.2, -0.15) is 0 Å². The van der Waals surface area contributed by atoms with E-state index in [-0.39, 0.29) is 19.1 Å². The molecule has 1 saturated heterocycles. The molecular formula is C26H30N2O6. The van der Waals surface area contributed by atoms with Crippen molar-refractivity contribution in [2.24, 2.45) is 0 Å². The Hall–Kier alpha value is -3.39. The minimum Gasteiger partial charge on any atom is -0.480 e. The molecule has 1 aliphatic carbocycles. The van der Waals surface area contributed by atoms with Gasteiger partial charge in [-0.1, -0.05) is 48.5 Å². The van der Waals surface area contributed by atoms with Gasteiger partial charge in [-0.3, -0.25) is 4.79 Å². The van der Waals surface area contributed by atoms with Gasteiger partial charge < -0.3 is 24.8 Å². The fraction of sp³-hybridized carbons (Fsp3) is 0.423. The predicted molar refractivity (Wildman–Crippen MR) is 125 cm³/mol. The van der Waals surface area contributed by atoms with Crippen LogP contribution in [0.5, 0.6) is 0 Å². The Labute approximate surface area is 198 Å². The molecule has 8 heteroatoms. The van der Waals surface area contributed by atoms with Gasteiger partial charge >= 0.3 is 12.1 Å². The summed E-state index contributed by atoms with van der Waals surface area (Å²) in [5, 5.41) is 12.3. The van der Waals surface area contributed by atoms with Crippen LogP contribution in [0.4, 0.5) is 4.79 Å². The fourth-order valence-electron chi connectivity index (χ4n) is 5.11. The molecule has 1 unspecified atom stereocenters. The Morgan fingerprint density at radius 3 is 2.26 bits per heavy atom. The number of carboxylic acids is 1. The number of ether oxygens (including phenoxy) is 2. The van der Waals surface area contributed by atoms with E-state index in [1.807, 2.05) is 36.4 Å². The van der Waals surface area contributed by atoms with E-state index in [4.69, 9.17) is 9.47 Å². The number of benzene rings is 2. The van der Waals surface area contributed by atoms with Gasteiger partial charge in [0.25, 0.3) is 5.91 Å². The first kappa shape index (κ1) is 23.8. The van der Waals surface area contributed by atoms with Crippen LogP contribution in [0.3, 0.4) is 0 Å². The summed E-state index contributed by atoms with van der Waals surface area (Å²) in [6, 6.07) is 16.0. The fourth-order valence-corrected chi connectivity index (χ4v) is 5.11. The molecule has 0 radical (unpaired) electrons. The molecule has 1 heterocycles. The molecule has 0 bridgehead atoms. The summed E-state index contributed by atoms with van der Waals surface area (Å²) in [6.45, 7) is 3.34. The van der Waals surface area contributed by atoms with Crippen LogP contribution in [0.25, 0.3) is 11.1 Å². The maximum atomic E-state index is 13.4. The number of carbonyl (C=O) groups is 3. The molecule has 180 valence electrons. The summed E-state index contributed by atoms with van der Waals surface area (Å²) in [6.07, 6.45) is 0.163. The molecule has 2 aromatic rings. The van der Waals surface area contributed by atoms with E-state index in [0.717, 1.165) is 22.3 Å². The molecular weight excluding hydrogens is 436 g/mol. The first-order chi connectivity index (χ1) is 16.2. The van der Waals surface area contributed by atoms with E-state index in [2.05, 4.69) is 17.4 Å². The van der Waals surface area contributed by atoms with E-state index in [9.17, 15) is 19.5 Å². The number of carboxylic acid groups (broad SMARTS) is 1. The molecule has 2 amide bonds. The van der Waals surface area contributed by atoms with E-state index in [0.29, 0.717) is 19.4 Å². The second kappa shape index (κ2) is 9.10. The zero-order chi connectivity index (χ0) is 24.5. The molecule has 0 spiro atoms. The number of aliphatic carboxylic acids is 1. The van der Waals surface area contributed by atoms with Crippen LogP contribution in [0.1, 0.15) is 43.7 Å². The third-order valence-corrected chi connectivity index (χ3v) is 6.97. The highest BCUT2D eigenvalue weighted by atomic mass is 16.5. The second-order valence-corrected chi connectivity index (χ2v) is 9.36. The Morgan fingerprint density at radius 2 is 1.71 bits per heavy atom. The van der Waals surface area contributed by atoms with Crippen molar-refractivity contribution in [3.8, 4) is 11.1 Å². The highest BCUT2D eigenvalue weighted by Crippen LogP contribution is 2.44. The van der Waals surface area contributed by atoms with Crippen LogP contribution in [-0.4, -0.2) is 65.9 Å². The van der Waals surface area contributed by atoms with Crippen LogP contribution in [0.15, 0.2) is 48.5 Å². The van der Waals surface area contributed by atoms with Crippen LogP contribution in [0, 0.1) is 0 Å². The first-order valence-electron chi connectivity index (χ1n) is 11.4. The van der Waals surface area contributed by atoms with Crippen molar-refractivity contribution in [3.05, 3.63) is 59.7 Å². The number of amides is 2. The summed E-state index contributed by atoms with van der Waals surface area (Å²) < 4.78 is 10.8. The number of rotatable bonds is 7. The van der Waals surface area contributed by atoms with Crippen molar-refractivity contribution < 1.29 is 29.0 Å². The number of methoxy groups -OCH3 is 1. The summed E-state index contributed by atoms with van der Waals surface area (Å²) in [7, 11) is 1.42. The summed E-state index contributed by atoms with van der Waals surface area (Å²) in [5.74, 6) is -1.69. The van der Waals surface area contributed by atoms with Gasteiger partial charge in [-0.15, -0.1) is 0 Å². The second-order valence-electron chi connectivity index (χ2n) is 9.36. The molecule has 2 aromatic carbocycles. The smallest absolute Gasteiger partial charge is 0.408 e. The molecule has 34 heavy (non-hydrogen) atoms. The quantitative estimate of drug-likeness (QED) is 0.648. The summed E-state index contributed by atoms with van der Waals surface area (Å²) in [4.78, 5) is 39.4. The van der Waals surface area contributed by atoms with Crippen molar-refractivity contribution in [1.82, 2.24) is 10.2 Å². The zero-order valence-corrected chi connectivity index (χ0v) is 19.7. The van der Waals surface area contributed by atoms with Gasteiger partial charge in [-0.25, -0.2) is 9.59 Å². The van der Waals surface area contributed by atoms with E-state index in [1.165, 1.54) is 25.9 Å². The van der Waals surface area contributed by atoms with Crippen molar-refractivity contribution in [2.45, 2.75) is 43.7 Å². The number of hydrogen-bond acceptors (Lipinski definition) is 5. The largest absolute Gasteiger partial charge is 0.480 e. The number of alkyl carbamates (subject to hydrolysis) is 1. The molecule has 2 aliphatic rings. The maximum Gasteiger partial charge on any atom is 0.408 e. The third-order valence-electron chi connectivity index (χ3n) is 6.97. The first-order valence-corrected chi connectivity index (χ1v) is 11.4. The van der Waals surface area contributed by atoms with Crippen LogP contribution in [-0.2, 0) is 19.1 Å². The number of hydrogen-bond donors (Lipinski definition) is 2. The SMILES string of the molecule is COCC(C)(NC(=O)OCC1c2ccccc2-c2ccccc21)C(=O)N1CCC[C@@]1(C)C(=O)O. The van der Waals surface area contributed by atoms with Gasteiger partial charge in [0.15, 0.2) is 0 Å². The highest BCUT2D eigenvalue weighted by molar-refractivity contribution is 5.94. The van der Waals surface area contributed by atoms with Crippen LogP contribution < -0.4 is 5.32 Å². The molecule has 2 atom stereocenters. The molecule has 0 aromatic heterocycles. The molecule has 2 N–H and O–H groups in total. The molecule has 8 nitrogen and oxygen atoms in total. The highest BCUT2D eigenvalue weighted by Gasteiger charge is 2.51. The predicted octanol–water partition coefficient (Wildman–Crippen LogP) is 3.40. The average molecular weight is 467 g/mol. The van der Waals surface area contributed by atoms with Gasteiger partial charge in [0.05, 0.1) is 6.61 Å². The topological polar surface area (TPSA) is 105 Å². The minimum absolute atomic E-state index is 0.105. The summed E-state index contributed by atoms with van der Waals surface area (Å²) in [5.41, 5.74) is 1.61. The lowest BCUT2D eigenvalue weighted by Gasteiger charge is -2.38. The molecule has 4 rings (SSSR count). The van der Waals surface area contributed by atoms with Gasteiger partial charge in [0, 0.05) is 19.6 Å². The van der Waals surface area contributed by atoms with Gasteiger partial charge in [0.1, 0.15) is 17.7 Å². The maximum absolute atomic E-state index is 13.4. The van der Waals surface area contributed by atoms with Gasteiger partial charge in [-0.05, 0) is 48.9 Å². The Balaban J connectivity index is 1.49. The van der Waals surface area contributed by atoms with Crippen LogP contribution in [0.2, 0.25) is 0 Å². The lowest BCUT2D eigenvalue weighted by molar-refractivity contribution is -0.158. The Morgan fingerprint density at radius 1 is 1.12 bits per heavy atom. The normalized spacial score (nSPS) is 20.9. The van der Waals surface area contributed by atoms with Crippen molar-refractivity contribution in [1.29, 1.82) is 0 Å². The lowest BCUT2D eigenvalue weighted by Crippen LogP contribution is -2.64. The molecule has 1 aliphatic heterocycles. The average Bonchev–Trinajstić information content (AvgIpc) is 3.36. The third kappa shape index (κ3) is 4.03. The van der Waals surface area contributed by atoms with Crippen molar-refractivity contribution in [2.75, 3.05) is 26.9 Å². The minimum atomic E-state index is -1.47. The van der Waals surface area contributed by atoms with Crippen molar-refractivity contribution in [3.63, 3.8) is 0 Å². The Kier molecular flexibility index (Phi) is 6.36. The monoisotopic (exact) mass is 466 g/mol. The Bertz CT molecular complexity index is 1070. The molecule has 0 saturated carbocycles. The lowest BCUT2D eigenvalue weighted by atomic mass is 9.95. The number of carbonyl (C=O) groups excluding carboxylic acids is 2.